The highest BCUT2D eigenvalue weighted by Crippen LogP contribution is 2.32. The van der Waals surface area contributed by atoms with Gasteiger partial charge in [-0.2, -0.15) is 0 Å². The van der Waals surface area contributed by atoms with E-state index < -0.39 is 5.97 Å². The first-order chi connectivity index (χ1) is 14.0. The van der Waals surface area contributed by atoms with Crippen molar-refractivity contribution in [2.75, 3.05) is 0 Å². The molecule has 150 valence electrons. The maximum Gasteiger partial charge on any atom is 0.307 e. The minimum absolute atomic E-state index is 0.00592. The molecule has 2 aromatic carbocycles. The highest BCUT2D eigenvalue weighted by atomic mass is 16.5. The Labute approximate surface area is 171 Å². The van der Waals surface area contributed by atoms with E-state index in [2.05, 4.69) is 18.7 Å². The van der Waals surface area contributed by atoms with Crippen LogP contribution in [0.25, 0.3) is 22.5 Å². The van der Waals surface area contributed by atoms with Crippen LogP contribution in [0.4, 0.5) is 0 Å². The van der Waals surface area contributed by atoms with Crippen molar-refractivity contribution in [3.63, 3.8) is 0 Å². The molecule has 0 amide bonds. The predicted molar refractivity (Wildman–Crippen MR) is 116 cm³/mol. The zero-order valence-electron chi connectivity index (χ0n) is 17.0. The molecule has 1 heterocycles. The van der Waals surface area contributed by atoms with Crippen LogP contribution in [0.3, 0.4) is 0 Å². The fourth-order valence-corrected chi connectivity index (χ4v) is 3.63. The summed E-state index contributed by atoms with van der Waals surface area (Å²) in [5, 5.41) is 13.4. The molecule has 0 spiro atoms. The van der Waals surface area contributed by atoms with E-state index in [0.29, 0.717) is 5.92 Å². The van der Waals surface area contributed by atoms with Gasteiger partial charge in [0.15, 0.2) is 5.76 Å². The summed E-state index contributed by atoms with van der Waals surface area (Å²) in [5.41, 5.74) is 5.80. The van der Waals surface area contributed by atoms with Crippen molar-refractivity contribution in [3.8, 4) is 22.5 Å². The first-order valence-corrected chi connectivity index (χ1v) is 9.96. The molecule has 29 heavy (non-hydrogen) atoms. The van der Waals surface area contributed by atoms with Crippen LogP contribution < -0.4 is 0 Å². The molecule has 1 atom stereocenters. The SMILES string of the molecule is C=CCCC(C)Cc1c(C)noc1-c1ccc(-c2ccccc2CC(=O)O)cc1. The number of aryl methyl sites for hydroxylation is 1. The van der Waals surface area contributed by atoms with E-state index in [1.807, 2.05) is 61.5 Å². The second kappa shape index (κ2) is 9.37. The van der Waals surface area contributed by atoms with Crippen LogP contribution >= 0.6 is 0 Å². The Morgan fingerprint density at radius 3 is 2.55 bits per heavy atom. The Morgan fingerprint density at radius 1 is 1.17 bits per heavy atom. The average molecular weight is 389 g/mol. The van der Waals surface area contributed by atoms with E-state index in [0.717, 1.165) is 58.5 Å². The molecular formula is C25H27NO3. The van der Waals surface area contributed by atoms with Gasteiger partial charge in [0, 0.05) is 11.1 Å². The number of carboxylic acids is 1. The predicted octanol–water partition coefficient (Wildman–Crippen LogP) is 6.09. The standard InChI is InChI=1S/C25H27NO3/c1-4-5-8-17(2)15-23-18(3)26-29-25(23)20-13-11-19(12-14-20)22-10-7-6-9-21(22)16-24(27)28/h4,6-7,9-14,17H,1,5,8,15-16H2,2-3H3,(H,27,28). The van der Waals surface area contributed by atoms with Gasteiger partial charge < -0.3 is 9.63 Å². The lowest BCUT2D eigenvalue weighted by molar-refractivity contribution is -0.136. The van der Waals surface area contributed by atoms with Crippen molar-refractivity contribution in [2.24, 2.45) is 5.92 Å². The Hall–Kier alpha value is -3.14. The van der Waals surface area contributed by atoms with E-state index in [4.69, 9.17) is 9.63 Å². The third-order valence-electron chi connectivity index (χ3n) is 5.22. The fourth-order valence-electron chi connectivity index (χ4n) is 3.63. The van der Waals surface area contributed by atoms with Crippen LogP contribution in [0.5, 0.6) is 0 Å². The van der Waals surface area contributed by atoms with E-state index in [1.165, 1.54) is 0 Å². The van der Waals surface area contributed by atoms with E-state index in [9.17, 15) is 4.79 Å². The van der Waals surface area contributed by atoms with Gasteiger partial charge in [0.25, 0.3) is 0 Å². The van der Waals surface area contributed by atoms with Gasteiger partial charge in [-0.05, 0) is 48.8 Å². The average Bonchev–Trinajstić information content (AvgIpc) is 3.07. The molecule has 3 rings (SSSR count). The molecule has 0 saturated carbocycles. The molecule has 0 bridgehead atoms. The molecule has 0 aliphatic rings. The normalized spacial score (nSPS) is 11.9. The Kier molecular flexibility index (Phi) is 6.65. The van der Waals surface area contributed by atoms with Crippen molar-refractivity contribution in [1.82, 2.24) is 5.16 Å². The van der Waals surface area contributed by atoms with Gasteiger partial charge in [-0.1, -0.05) is 66.7 Å². The van der Waals surface area contributed by atoms with Crippen molar-refractivity contribution in [3.05, 3.63) is 78.0 Å². The summed E-state index contributed by atoms with van der Waals surface area (Å²) >= 11 is 0. The maximum absolute atomic E-state index is 11.2. The van der Waals surface area contributed by atoms with E-state index in [1.54, 1.807) is 0 Å². The van der Waals surface area contributed by atoms with Crippen molar-refractivity contribution < 1.29 is 14.4 Å². The lowest BCUT2D eigenvalue weighted by atomic mass is 9.92. The second-order valence-corrected chi connectivity index (χ2v) is 7.56. The van der Waals surface area contributed by atoms with Gasteiger partial charge in [0.1, 0.15) is 0 Å². The molecule has 1 unspecified atom stereocenters. The van der Waals surface area contributed by atoms with Crippen LogP contribution in [0.15, 0.2) is 65.7 Å². The molecule has 0 fully saturated rings. The van der Waals surface area contributed by atoms with Gasteiger partial charge in [0.2, 0.25) is 0 Å². The fraction of sp³-hybridized carbons (Fsp3) is 0.280. The van der Waals surface area contributed by atoms with Gasteiger partial charge in [-0.15, -0.1) is 6.58 Å². The highest BCUT2D eigenvalue weighted by Gasteiger charge is 2.18. The largest absolute Gasteiger partial charge is 0.481 e. The summed E-state index contributed by atoms with van der Waals surface area (Å²) in [6, 6.07) is 15.7. The van der Waals surface area contributed by atoms with Gasteiger partial charge in [-0.3, -0.25) is 4.79 Å². The first-order valence-electron chi connectivity index (χ1n) is 9.96. The topological polar surface area (TPSA) is 63.3 Å². The first kappa shape index (κ1) is 20.6. The Balaban J connectivity index is 1.87. The monoisotopic (exact) mass is 389 g/mol. The number of allylic oxidation sites excluding steroid dienone is 1. The molecule has 1 N–H and O–H groups in total. The zero-order chi connectivity index (χ0) is 20.8. The summed E-state index contributed by atoms with van der Waals surface area (Å²) in [5.74, 6) is 0.506. The molecule has 4 nitrogen and oxygen atoms in total. The molecule has 0 aliphatic heterocycles. The quantitative estimate of drug-likeness (QED) is 0.450. The van der Waals surface area contributed by atoms with Gasteiger partial charge >= 0.3 is 5.97 Å². The lowest BCUT2D eigenvalue weighted by Gasteiger charge is -2.11. The maximum atomic E-state index is 11.2. The number of carbonyl (C=O) groups is 1. The molecule has 1 aromatic heterocycles. The van der Waals surface area contributed by atoms with Gasteiger partial charge in [0.05, 0.1) is 12.1 Å². The number of nitrogens with zero attached hydrogens (tertiary/aromatic N) is 1. The Morgan fingerprint density at radius 2 is 1.86 bits per heavy atom. The third kappa shape index (κ3) is 5.02. The summed E-state index contributed by atoms with van der Waals surface area (Å²) < 4.78 is 5.66. The number of aliphatic carboxylic acids is 1. The van der Waals surface area contributed by atoms with Crippen LogP contribution in [-0.2, 0) is 17.6 Å². The summed E-state index contributed by atoms with van der Waals surface area (Å²) in [4.78, 5) is 11.2. The Bertz CT molecular complexity index is 986. The van der Waals surface area contributed by atoms with Crippen molar-refractivity contribution in [2.45, 2.75) is 39.5 Å². The molecule has 3 aromatic rings. The van der Waals surface area contributed by atoms with Crippen molar-refractivity contribution >= 4 is 5.97 Å². The third-order valence-corrected chi connectivity index (χ3v) is 5.22. The number of rotatable bonds is 9. The van der Waals surface area contributed by atoms with Crippen LogP contribution in [0.1, 0.15) is 36.6 Å². The smallest absolute Gasteiger partial charge is 0.307 e. The minimum atomic E-state index is -0.832. The number of hydrogen-bond acceptors (Lipinski definition) is 3. The summed E-state index contributed by atoms with van der Waals surface area (Å²) in [6.45, 7) is 8.03. The van der Waals surface area contributed by atoms with Gasteiger partial charge in [-0.25, -0.2) is 0 Å². The highest BCUT2D eigenvalue weighted by molar-refractivity contribution is 5.77. The van der Waals surface area contributed by atoms with Crippen LogP contribution in [0.2, 0.25) is 0 Å². The van der Waals surface area contributed by atoms with Crippen molar-refractivity contribution in [1.29, 1.82) is 0 Å². The molecule has 0 aliphatic carbocycles. The lowest BCUT2D eigenvalue weighted by Crippen LogP contribution is -2.02. The molecular weight excluding hydrogens is 362 g/mol. The molecule has 0 radical (unpaired) electrons. The summed E-state index contributed by atoms with van der Waals surface area (Å²) in [6.07, 6.45) is 4.98. The van der Waals surface area contributed by atoms with E-state index >= 15 is 0 Å². The minimum Gasteiger partial charge on any atom is -0.481 e. The summed E-state index contributed by atoms with van der Waals surface area (Å²) in [7, 11) is 0. The number of aromatic nitrogens is 1. The van der Waals surface area contributed by atoms with E-state index in [-0.39, 0.29) is 6.42 Å². The number of benzene rings is 2. The number of hydrogen-bond donors (Lipinski definition) is 1. The second-order valence-electron chi connectivity index (χ2n) is 7.56. The van der Waals surface area contributed by atoms with Crippen LogP contribution in [-0.4, -0.2) is 16.2 Å². The molecule has 4 heteroatoms. The van der Waals surface area contributed by atoms with Crippen LogP contribution in [0, 0.1) is 12.8 Å². The zero-order valence-corrected chi connectivity index (χ0v) is 17.0. The molecule has 0 saturated heterocycles. The number of carboxylic acid groups (broad SMARTS) is 1.